The van der Waals surface area contributed by atoms with Crippen molar-refractivity contribution < 1.29 is 14.3 Å². The number of nitrogens with one attached hydrogen (secondary N) is 1. The average Bonchev–Trinajstić information content (AvgIpc) is 3.15. The Bertz CT molecular complexity index is 1060. The second-order valence-electron chi connectivity index (χ2n) is 7.64. The Labute approximate surface area is 183 Å². The third kappa shape index (κ3) is 5.23. The van der Waals surface area contributed by atoms with Gasteiger partial charge in [0.1, 0.15) is 18.1 Å². The molecule has 0 spiro atoms. The number of amides is 2. The van der Waals surface area contributed by atoms with Gasteiger partial charge in [-0.3, -0.25) is 9.59 Å². The third-order valence-corrected chi connectivity index (χ3v) is 5.32. The van der Waals surface area contributed by atoms with Crippen LogP contribution >= 0.6 is 0 Å². The summed E-state index contributed by atoms with van der Waals surface area (Å²) >= 11 is 0. The predicted octanol–water partition coefficient (Wildman–Crippen LogP) is 3.79. The average molecular weight is 423 g/mol. The van der Waals surface area contributed by atoms with Crippen LogP contribution in [-0.4, -0.2) is 47.0 Å². The van der Waals surface area contributed by atoms with Crippen molar-refractivity contribution >= 4 is 22.8 Å². The number of hydrogen-bond acceptors (Lipinski definition) is 4. The van der Waals surface area contributed by atoms with Crippen molar-refractivity contribution in [2.24, 2.45) is 0 Å². The van der Waals surface area contributed by atoms with Crippen molar-refractivity contribution in [3.8, 4) is 5.75 Å². The number of likely N-dealkylation sites (N-methyl/N-ethyl adjacent to an activating group) is 1. The van der Waals surface area contributed by atoms with E-state index in [4.69, 9.17) is 9.72 Å². The second-order valence-corrected chi connectivity index (χ2v) is 7.64. The Morgan fingerprint density at radius 1 is 1.19 bits per heavy atom. The molecule has 3 aromatic rings. The van der Waals surface area contributed by atoms with E-state index < -0.39 is 0 Å². The van der Waals surface area contributed by atoms with E-state index in [9.17, 15) is 9.59 Å². The maximum atomic E-state index is 12.8. The number of benzene rings is 2. The van der Waals surface area contributed by atoms with Crippen LogP contribution in [0.15, 0.2) is 48.5 Å². The summed E-state index contributed by atoms with van der Waals surface area (Å²) in [6.45, 7) is 4.88. The SMILES string of the molecule is CCCCN(C)C(=O)Cn1c(C(C)NC(=O)c2cccc(OC)c2)nc2ccccc21. The maximum Gasteiger partial charge on any atom is 0.251 e. The van der Waals surface area contributed by atoms with Gasteiger partial charge in [0.2, 0.25) is 5.91 Å². The van der Waals surface area contributed by atoms with Gasteiger partial charge in [-0.2, -0.15) is 0 Å². The van der Waals surface area contributed by atoms with Crippen LogP contribution in [0.1, 0.15) is 48.9 Å². The Morgan fingerprint density at radius 2 is 1.97 bits per heavy atom. The van der Waals surface area contributed by atoms with Gasteiger partial charge in [-0.15, -0.1) is 0 Å². The van der Waals surface area contributed by atoms with Crippen molar-refractivity contribution in [3.05, 3.63) is 59.9 Å². The number of carbonyl (C=O) groups is 2. The number of carbonyl (C=O) groups excluding carboxylic acids is 2. The van der Waals surface area contributed by atoms with Crippen molar-refractivity contribution in [3.63, 3.8) is 0 Å². The molecule has 0 aliphatic rings. The molecule has 0 aliphatic heterocycles. The fourth-order valence-corrected chi connectivity index (χ4v) is 3.48. The Hall–Kier alpha value is -3.35. The van der Waals surface area contributed by atoms with E-state index in [1.165, 1.54) is 0 Å². The van der Waals surface area contributed by atoms with Crippen LogP contribution in [0, 0.1) is 0 Å². The fraction of sp³-hybridized carbons (Fsp3) is 0.375. The molecule has 2 aromatic carbocycles. The molecule has 0 radical (unpaired) electrons. The van der Waals surface area contributed by atoms with E-state index in [0.717, 1.165) is 30.4 Å². The molecular formula is C24H30N4O3. The summed E-state index contributed by atoms with van der Waals surface area (Å²) in [6.07, 6.45) is 2.00. The zero-order chi connectivity index (χ0) is 22.4. The summed E-state index contributed by atoms with van der Waals surface area (Å²) in [4.78, 5) is 32.1. The molecule has 3 rings (SSSR count). The van der Waals surface area contributed by atoms with Crippen LogP contribution in [0.2, 0.25) is 0 Å². The number of methoxy groups -OCH3 is 1. The zero-order valence-corrected chi connectivity index (χ0v) is 18.6. The van der Waals surface area contributed by atoms with Crippen molar-refractivity contribution in [1.29, 1.82) is 0 Å². The first-order valence-electron chi connectivity index (χ1n) is 10.6. The number of unbranched alkanes of at least 4 members (excludes halogenated alkanes) is 1. The topological polar surface area (TPSA) is 76.5 Å². The smallest absolute Gasteiger partial charge is 0.251 e. The molecule has 1 N–H and O–H groups in total. The summed E-state index contributed by atoms with van der Waals surface area (Å²) in [5.41, 5.74) is 2.17. The van der Waals surface area contributed by atoms with Crippen LogP contribution in [-0.2, 0) is 11.3 Å². The number of ether oxygens (including phenoxy) is 1. The normalized spacial score (nSPS) is 11.9. The lowest BCUT2D eigenvalue weighted by molar-refractivity contribution is -0.130. The summed E-state index contributed by atoms with van der Waals surface area (Å²) < 4.78 is 7.11. The summed E-state index contributed by atoms with van der Waals surface area (Å²) in [5, 5.41) is 3.00. The molecule has 7 nitrogen and oxygen atoms in total. The first-order chi connectivity index (χ1) is 14.9. The van der Waals surface area contributed by atoms with Gasteiger partial charge in [0.15, 0.2) is 0 Å². The molecule has 31 heavy (non-hydrogen) atoms. The molecule has 1 heterocycles. The van der Waals surface area contributed by atoms with Crippen LogP contribution in [0.3, 0.4) is 0 Å². The van der Waals surface area contributed by atoms with E-state index in [-0.39, 0.29) is 24.4 Å². The van der Waals surface area contributed by atoms with Crippen molar-refractivity contribution in [2.75, 3.05) is 20.7 Å². The highest BCUT2D eigenvalue weighted by Gasteiger charge is 2.21. The molecule has 1 aromatic heterocycles. The van der Waals surface area contributed by atoms with Crippen molar-refractivity contribution in [1.82, 2.24) is 19.8 Å². The number of imidazole rings is 1. The molecule has 0 bridgehead atoms. The summed E-state index contributed by atoms with van der Waals surface area (Å²) in [6, 6.07) is 14.3. The number of hydrogen-bond donors (Lipinski definition) is 1. The molecular weight excluding hydrogens is 392 g/mol. The molecule has 0 aliphatic carbocycles. The van der Waals surface area contributed by atoms with Gasteiger partial charge in [-0.1, -0.05) is 31.5 Å². The molecule has 1 unspecified atom stereocenters. The Balaban J connectivity index is 1.85. The molecule has 0 saturated heterocycles. The minimum Gasteiger partial charge on any atom is -0.497 e. The number of fused-ring (bicyclic) bond motifs is 1. The van der Waals surface area contributed by atoms with Gasteiger partial charge in [0.25, 0.3) is 5.91 Å². The number of para-hydroxylation sites is 2. The van der Waals surface area contributed by atoms with Gasteiger partial charge in [0, 0.05) is 19.2 Å². The van der Waals surface area contributed by atoms with Gasteiger partial charge < -0.3 is 19.5 Å². The largest absolute Gasteiger partial charge is 0.497 e. The molecule has 1 atom stereocenters. The van der Waals surface area contributed by atoms with Crippen LogP contribution in [0.5, 0.6) is 5.75 Å². The lowest BCUT2D eigenvalue weighted by Gasteiger charge is -2.20. The van der Waals surface area contributed by atoms with Crippen LogP contribution in [0.25, 0.3) is 11.0 Å². The van der Waals surface area contributed by atoms with Gasteiger partial charge >= 0.3 is 0 Å². The van der Waals surface area contributed by atoms with E-state index in [2.05, 4.69) is 12.2 Å². The Kier molecular flexibility index (Phi) is 7.28. The van der Waals surface area contributed by atoms with E-state index >= 15 is 0 Å². The second kappa shape index (κ2) is 10.1. The monoisotopic (exact) mass is 422 g/mol. The first kappa shape index (κ1) is 22.3. The molecule has 7 heteroatoms. The summed E-state index contributed by atoms with van der Waals surface area (Å²) in [5.74, 6) is 1.06. The minimum atomic E-state index is -0.389. The quantitative estimate of drug-likeness (QED) is 0.569. The van der Waals surface area contributed by atoms with Gasteiger partial charge in [-0.25, -0.2) is 4.98 Å². The molecule has 0 fully saturated rings. The van der Waals surface area contributed by atoms with E-state index in [0.29, 0.717) is 17.1 Å². The van der Waals surface area contributed by atoms with Crippen molar-refractivity contribution in [2.45, 2.75) is 39.3 Å². The lowest BCUT2D eigenvalue weighted by atomic mass is 10.2. The highest BCUT2D eigenvalue weighted by molar-refractivity contribution is 5.94. The highest BCUT2D eigenvalue weighted by Crippen LogP contribution is 2.22. The zero-order valence-electron chi connectivity index (χ0n) is 18.6. The minimum absolute atomic E-state index is 0.0178. The lowest BCUT2D eigenvalue weighted by Crippen LogP contribution is -2.33. The van der Waals surface area contributed by atoms with E-state index in [1.807, 2.05) is 42.8 Å². The standard InChI is InChI=1S/C24H30N4O3/c1-5-6-14-27(3)22(29)16-28-21-13-8-7-12-20(21)26-23(28)17(2)25-24(30)18-10-9-11-19(15-18)31-4/h7-13,15,17H,5-6,14,16H2,1-4H3,(H,25,30). The highest BCUT2D eigenvalue weighted by atomic mass is 16.5. The van der Waals surface area contributed by atoms with Crippen LogP contribution in [0.4, 0.5) is 0 Å². The number of aromatic nitrogens is 2. The van der Waals surface area contributed by atoms with E-state index in [1.54, 1.807) is 36.3 Å². The van der Waals surface area contributed by atoms with Gasteiger partial charge in [-0.05, 0) is 43.7 Å². The fourth-order valence-electron chi connectivity index (χ4n) is 3.48. The molecule has 164 valence electrons. The summed E-state index contributed by atoms with van der Waals surface area (Å²) in [7, 11) is 3.39. The Morgan fingerprint density at radius 3 is 2.71 bits per heavy atom. The van der Waals surface area contributed by atoms with Gasteiger partial charge in [0.05, 0.1) is 24.2 Å². The predicted molar refractivity (Wildman–Crippen MR) is 121 cm³/mol. The molecule has 2 amide bonds. The third-order valence-electron chi connectivity index (χ3n) is 5.32. The first-order valence-corrected chi connectivity index (χ1v) is 10.6. The maximum absolute atomic E-state index is 12.8. The molecule has 0 saturated carbocycles. The number of nitrogens with zero attached hydrogens (tertiary/aromatic N) is 3. The number of rotatable bonds is 9. The van der Waals surface area contributed by atoms with Crippen LogP contribution < -0.4 is 10.1 Å².